The van der Waals surface area contributed by atoms with E-state index in [1.165, 1.54) is 0 Å². The topological polar surface area (TPSA) is 0 Å². The molecule has 0 aliphatic carbocycles. The zero-order chi connectivity index (χ0) is 8.59. The second-order valence-corrected chi connectivity index (χ2v) is 3.32. The first-order valence-electron chi connectivity index (χ1n) is 3.18. The molecule has 0 aliphatic heterocycles. The van der Waals surface area contributed by atoms with Crippen molar-refractivity contribution in [2.45, 2.75) is 18.7 Å². The van der Waals surface area contributed by atoms with Crippen LogP contribution in [0.25, 0.3) is 0 Å². The van der Waals surface area contributed by atoms with Crippen LogP contribution in [0.15, 0.2) is 11.0 Å². The fourth-order valence-electron chi connectivity index (χ4n) is 0.901. The molecule has 0 spiro atoms. The van der Waals surface area contributed by atoms with Crippen molar-refractivity contribution >= 4 is 24.2 Å². The van der Waals surface area contributed by atoms with E-state index in [0.29, 0.717) is 10.5 Å². The summed E-state index contributed by atoms with van der Waals surface area (Å²) in [4.78, 5) is 0.673. The number of halogens is 2. The highest BCUT2D eigenvalue weighted by Gasteiger charge is 2.08. The molecule has 60 valence electrons. The Morgan fingerprint density at radius 2 is 2.00 bits per heavy atom. The molecule has 0 bridgehead atoms. The lowest BCUT2D eigenvalue weighted by molar-refractivity contribution is 0.613. The summed E-state index contributed by atoms with van der Waals surface area (Å²) in [6.45, 7) is 3.51. The summed E-state index contributed by atoms with van der Waals surface area (Å²) in [6, 6.07) is 1.58. The Bertz CT molecular complexity index is 270. The molecule has 1 rings (SSSR count). The van der Waals surface area contributed by atoms with Crippen LogP contribution in [0, 0.1) is 19.7 Å². The minimum Gasteiger partial charge on any atom is -0.205 e. The summed E-state index contributed by atoms with van der Waals surface area (Å²) in [7, 11) is 0. The van der Waals surface area contributed by atoms with Gasteiger partial charge in [-0.15, -0.1) is 12.6 Å². The second-order valence-electron chi connectivity index (χ2n) is 2.46. The molecule has 1 aromatic carbocycles. The van der Waals surface area contributed by atoms with Gasteiger partial charge in [0.2, 0.25) is 0 Å². The Labute approximate surface area is 75.8 Å². The molecule has 0 saturated heterocycles. The van der Waals surface area contributed by atoms with Crippen molar-refractivity contribution < 1.29 is 4.39 Å². The lowest BCUT2D eigenvalue weighted by Gasteiger charge is -2.05. The smallest absolute Gasteiger partial charge is 0.145 e. The van der Waals surface area contributed by atoms with Crippen molar-refractivity contribution in [3.05, 3.63) is 28.0 Å². The number of hydrogen-bond acceptors (Lipinski definition) is 1. The van der Waals surface area contributed by atoms with E-state index in [9.17, 15) is 4.39 Å². The Morgan fingerprint density at radius 3 is 2.55 bits per heavy atom. The summed E-state index contributed by atoms with van der Waals surface area (Å²) >= 11 is 9.71. The highest BCUT2D eigenvalue weighted by Crippen LogP contribution is 2.26. The minimum atomic E-state index is -0.373. The van der Waals surface area contributed by atoms with E-state index in [4.69, 9.17) is 11.6 Å². The van der Waals surface area contributed by atoms with Gasteiger partial charge in [0.25, 0.3) is 0 Å². The molecule has 0 atom stereocenters. The van der Waals surface area contributed by atoms with Gasteiger partial charge in [0.15, 0.2) is 0 Å². The summed E-state index contributed by atoms with van der Waals surface area (Å²) in [5, 5.41) is 0.165. The number of benzene rings is 1. The molecule has 0 radical (unpaired) electrons. The Hall–Kier alpha value is -0.210. The lowest BCUT2D eigenvalue weighted by atomic mass is 10.1. The first-order valence-corrected chi connectivity index (χ1v) is 4.00. The van der Waals surface area contributed by atoms with E-state index in [-0.39, 0.29) is 10.8 Å². The van der Waals surface area contributed by atoms with Crippen LogP contribution in [0.4, 0.5) is 4.39 Å². The standard InChI is InChI=1S/C8H8ClFS/c1-4-3-6(9)7(10)5(2)8(4)11/h3,11H,1-2H3. The van der Waals surface area contributed by atoms with Crippen molar-refractivity contribution in [1.29, 1.82) is 0 Å². The first kappa shape index (κ1) is 8.88. The van der Waals surface area contributed by atoms with Crippen molar-refractivity contribution in [2.24, 2.45) is 0 Å². The van der Waals surface area contributed by atoms with Crippen LogP contribution in [-0.4, -0.2) is 0 Å². The molecular formula is C8H8ClFS. The Balaban J connectivity index is 3.46. The van der Waals surface area contributed by atoms with Gasteiger partial charge in [0.1, 0.15) is 5.82 Å². The molecule has 1 aromatic rings. The molecule has 0 aromatic heterocycles. The monoisotopic (exact) mass is 190 g/mol. The zero-order valence-corrected chi connectivity index (χ0v) is 7.93. The van der Waals surface area contributed by atoms with Gasteiger partial charge in [-0.25, -0.2) is 4.39 Å². The maximum Gasteiger partial charge on any atom is 0.145 e. The summed E-state index contributed by atoms with van der Waals surface area (Å²) < 4.78 is 13.0. The van der Waals surface area contributed by atoms with E-state index in [0.717, 1.165) is 5.56 Å². The van der Waals surface area contributed by atoms with Crippen LogP contribution in [0.1, 0.15) is 11.1 Å². The molecule has 3 heteroatoms. The predicted octanol–water partition coefficient (Wildman–Crippen LogP) is 3.38. The Kier molecular flexibility index (Phi) is 2.45. The molecule has 0 amide bonds. The molecule has 0 saturated carbocycles. The fourth-order valence-corrected chi connectivity index (χ4v) is 1.37. The van der Waals surface area contributed by atoms with Crippen LogP contribution in [0.2, 0.25) is 5.02 Å². The SMILES string of the molecule is Cc1cc(Cl)c(F)c(C)c1S. The maximum absolute atomic E-state index is 13.0. The molecule has 0 N–H and O–H groups in total. The van der Waals surface area contributed by atoms with E-state index in [1.807, 2.05) is 6.92 Å². The highest BCUT2D eigenvalue weighted by atomic mass is 35.5. The fraction of sp³-hybridized carbons (Fsp3) is 0.250. The molecule has 0 nitrogen and oxygen atoms in total. The minimum absolute atomic E-state index is 0.165. The average Bonchev–Trinajstić information content (AvgIpc) is 1.97. The van der Waals surface area contributed by atoms with Gasteiger partial charge in [-0.3, -0.25) is 0 Å². The number of aryl methyl sites for hydroxylation is 1. The van der Waals surface area contributed by atoms with Crippen LogP contribution >= 0.6 is 24.2 Å². The molecule has 0 heterocycles. The van der Waals surface area contributed by atoms with Crippen LogP contribution in [0.5, 0.6) is 0 Å². The van der Waals surface area contributed by atoms with Gasteiger partial charge in [-0.1, -0.05) is 11.6 Å². The predicted molar refractivity (Wildman–Crippen MR) is 48.1 cm³/mol. The van der Waals surface area contributed by atoms with Crippen molar-refractivity contribution in [2.75, 3.05) is 0 Å². The third-order valence-corrected chi connectivity index (χ3v) is 2.57. The van der Waals surface area contributed by atoms with E-state index in [2.05, 4.69) is 12.6 Å². The van der Waals surface area contributed by atoms with Crippen molar-refractivity contribution in [1.82, 2.24) is 0 Å². The summed E-state index contributed by atoms with van der Waals surface area (Å²) in [5.74, 6) is -0.373. The van der Waals surface area contributed by atoms with Gasteiger partial charge >= 0.3 is 0 Å². The largest absolute Gasteiger partial charge is 0.205 e. The van der Waals surface area contributed by atoms with Crippen LogP contribution < -0.4 is 0 Å². The zero-order valence-electron chi connectivity index (χ0n) is 6.28. The number of thiol groups is 1. The lowest BCUT2D eigenvalue weighted by Crippen LogP contribution is -1.89. The van der Waals surface area contributed by atoms with Crippen molar-refractivity contribution in [3.8, 4) is 0 Å². The van der Waals surface area contributed by atoms with Crippen LogP contribution in [0.3, 0.4) is 0 Å². The van der Waals surface area contributed by atoms with Crippen LogP contribution in [-0.2, 0) is 0 Å². The maximum atomic E-state index is 13.0. The van der Waals surface area contributed by atoms with Gasteiger partial charge in [-0.05, 0) is 31.0 Å². The van der Waals surface area contributed by atoms with Gasteiger partial charge in [0.05, 0.1) is 5.02 Å². The molecule has 0 fully saturated rings. The van der Waals surface area contributed by atoms with E-state index in [1.54, 1.807) is 13.0 Å². The molecular weight excluding hydrogens is 183 g/mol. The summed E-state index contributed by atoms with van der Waals surface area (Å²) in [5.41, 5.74) is 1.41. The number of rotatable bonds is 0. The van der Waals surface area contributed by atoms with E-state index < -0.39 is 0 Å². The second kappa shape index (κ2) is 3.03. The quantitative estimate of drug-likeness (QED) is 0.596. The number of hydrogen-bond donors (Lipinski definition) is 1. The van der Waals surface area contributed by atoms with Gasteiger partial charge in [-0.2, -0.15) is 0 Å². The third-order valence-electron chi connectivity index (χ3n) is 1.61. The Morgan fingerprint density at radius 1 is 1.45 bits per heavy atom. The van der Waals surface area contributed by atoms with Crippen molar-refractivity contribution in [3.63, 3.8) is 0 Å². The summed E-state index contributed by atoms with van der Waals surface area (Å²) in [6.07, 6.45) is 0. The molecule has 0 aliphatic rings. The van der Waals surface area contributed by atoms with E-state index >= 15 is 0 Å². The first-order chi connectivity index (χ1) is 5.04. The normalized spacial score (nSPS) is 10.3. The van der Waals surface area contributed by atoms with Gasteiger partial charge < -0.3 is 0 Å². The molecule has 11 heavy (non-hydrogen) atoms. The van der Waals surface area contributed by atoms with Gasteiger partial charge in [0, 0.05) is 4.90 Å². The third kappa shape index (κ3) is 1.52. The highest BCUT2D eigenvalue weighted by molar-refractivity contribution is 7.80. The average molecular weight is 191 g/mol. The molecule has 0 unspecified atom stereocenters.